The summed E-state index contributed by atoms with van der Waals surface area (Å²) < 4.78 is 18.4. The minimum atomic E-state index is -0.559. The summed E-state index contributed by atoms with van der Waals surface area (Å²) in [5, 5.41) is 8.85. The highest BCUT2D eigenvalue weighted by Gasteiger charge is 2.20. The number of carbonyl (C=O) groups excluding carboxylic acids is 2. The van der Waals surface area contributed by atoms with E-state index < -0.39 is 23.5 Å². The van der Waals surface area contributed by atoms with Crippen LogP contribution in [-0.2, 0) is 11.3 Å². The molecule has 0 unspecified atom stereocenters. The summed E-state index contributed by atoms with van der Waals surface area (Å²) in [5.74, 6) is -1.23. The molecule has 0 aliphatic rings. The summed E-state index contributed by atoms with van der Waals surface area (Å²) in [4.78, 5) is 47.6. The van der Waals surface area contributed by atoms with Crippen LogP contribution in [0.4, 0.5) is 10.2 Å². The molecule has 0 spiro atoms. The number of carbonyl (C=O) groups is 2. The Kier molecular flexibility index (Phi) is 8.18. The number of nitrogens with zero attached hydrogens (tertiary/aromatic N) is 4. The number of pyridine rings is 1. The number of para-hydroxylation sites is 1. The fourth-order valence-corrected chi connectivity index (χ4v) is 4.97. The van der Waals surface area contributed by atoms with Crippen LogP contribution in [0.15, 0.2) is 71.9 Å². The number of aryl methyl sites for hydroxylation is 2. The Bertz CT molecular complexity index is 1930. The van der Waals surface area contributed by atoms with Crippen molar-refractivity contribution < 1.29 is 14.0 Å². The maximum absolute atomic E-state index is 15.4. The van der Waals surface area contributed by atoms with Crippen LogP contribution in [0.1, 0.15) is 34.0 Å². The number of rotatable bonds is 8. The lowest BCUT2D eigenvalue weighted by Gasteiger charge is -2.18. The SMILES string of the molecule is CNC(=O)c1ccc(C)c(-c2cnc(NC(=O)[C@H](C)NC)c(=O)n2Cc2cncc(-n3c(F)c(C)c4ccccc43)c2)c1. The first-order valence-electron chi connectivity index (χ1n) is 13.8. The molecule has 0 saturated carbocycles. The first-order chi connectivity index (χ1) is 20.6. The van der Waals surface area contributed by atoms with Gasteiger partial charge in [0.1, 0.15) is 0 Å². The zero-order chi connectivity index (χ0) is 30.8. The number of anilines is 1. The van der Waals surface area contributed by atoms with Gasteiger partial charge < -0.3 is 16.0 Å². The first-order valence-corrected chi connectivity index (χ1v) is 13.8. The van der Waals surface area contributed by atoms with Crippen LogP contribution in [0.3, 0.4) is 0 Å². The number of fused-ring (bicyclic) bond motifs is 1. The minimum Gasteiger partial charge on any atom is -0.355 e. The molecule has 0 aliphatic carbocycles. The van der Waals surface area contributed by atoms with Crippen LogP contribution in [0.5, 0.6) is 0 Å². The Labute approximate surface area is 247 Å². The molecule has 5 aromatic rings. The van der Waals surface area contributed by atoms with Crippen molar-refractivity contribution in [3.8, 4) is 16.9 Å². The summed E-state index contributed by atoms with van der Waals surface area (Å²) in [6, 6.07) is 13.8. The van der Waals surface area contributed by atoms with Gasteiger partial charge in [-0.3, -0.25) is 28.5 Å². The predicted molar refractivity (Wildman–Crippen MR) is 164 cm³/mol. The van der Waals surface area contributed by atoms with Gasteiger partial charge in [-0.2, -0.15) is 4.39 Å². The lowest BCUT2D eigenvalue weighted by molar-refractivity contribution is -0.117. The molecule has 11 heteroatoms. The average molecular weight is 582 g/mol. The van der Waals surface area contributed by atoms with Crippen molar-refractivity contribution in [1.82, 2.24) is 29.7 Å². The molecule has 0 saturated heterocycles. The van der Waals surface area contributed by atoms with Crippen molar-refractivity contribution in [1.29, 1.82) is 0 Å². The van der Waals surface area contributed by atoms with E-state index in [9.17, 15) is 14.4 Å². The second-order valence-corrected chi connectivity index (χ2v) is 10.3. The number of hydrogen-bond donors (Lipinski definition) is 3. The molecule has 220 valence electrons. The molecule has 0 radical (unpaired) electrons. The maximum atomic E-state index is 15.4. The highest BCUT2D eigenvalue weighted by molar-refractivity contribution is 5.96. The fraction of sp³-hybridized carbons (Fsp3) is 0.219. The molecule has 0 bridgehead atoms. The molecule has 5 rings (SSSR count). The fourth-order valence-electron chi connectivity index (χ4n) is 4.97. The Morgan fingerprint density at radius 2 is 1.79 bits per heavy atom. The van der Waals surface area contributed by atoms with Crippen LogP contribution >= 0.6 is 0 Å². The van der Waals surface area contributed by atoms with Crippen molar-refractivity contribution in [3.05, 3.63) is 106 Å². The molecule has 3 N–H and O–H groups in total. The van der Waals surface area contributed by atoms with E-state index in [1.54, 1.807) is 64.6 Å². The largest absolute Gasteiger partial charge is 0.355 e. The number of hydrogen-bond acceptors (Lipinski definition) is 6. The summed E-state index contributed by atoms with van der Waals surface area (Å²) in [5.41, 5.74) is 4.07. The Balaban J connectivity index is 1.65. The summed E-state index contributed by atoms with van der Waals surface area (Å²) >= 11 is 0. The van der Waals surface area contributed by atoms with Crippen LogP contribution in [0.2, 0.25) is 0 Å². The van der Waals surface area contributed by atoms with E-state index in [-0.39, 0.29) is 18.3 Å². The van der Waals surface area contributed by atoms with Crippen molar-refractivity contribution in [2.45, 2.75) is 33.4 Å². The molecule has 2 amide bonds. The zero-order valence-electron chi connectivity index (χ0n) is 24.5. The Morgan fingerprint density at radius 3 is 2.53 bits per heavy atom. The minimum absolute atomic E-state index is 0.0332. The molecule has 2 aromatic carbocycles. The lowest BCUT2D eigenvalue weighted by atomic mass is 10.0. The van der Waals surface area contributed by atoms with Gasteiger partial charge in [-0.15, -0.1) is 0 Å². The van der Waals surface area contributed by atoms with E-state index in [0.29, 0.717) is 39.2 Å². The molecule has 3 aromatic heterocycles. The number of likely N-dealkylation sites (N-methyl/N-ethyl adjacent to an activating group) is 1. The Hall–Kier alpha value is -5.16. The first kappa shape index (κ1) is 29.3. The zero-order valence-corrected chi connectivity index (χ0v) is 24.5. The van der Waals surface area contributed by atoms with Crippen LogP contribution in [-0.4, -0.2) is 51.1 Å². The van der Waals surface area contributed by atoms with Crippen molar-refractivity contribution in [2.75, 3.05) is 19.4 Å². The molecule has 10 nitrogen and oxygen atoms in total. The van der Waals surface area contributed by atoms with Gasteiger partial charge >= 0.3 is 0 Å². The lowest BCUT2D eigenvalue weighted by Crippen LogP contribution is -2.38. The molecule has 43 heavy (non-hydrogen) atoms. The number of amides is 2. The monoisotopic (exact) mass is 581 g/mol. The van der Waals surface area contributed by atoms with Crippen LogP contribution in [0, 0.1) is 19.8 Å². The highest BCUT2D eigenvalue weighted by atomic mass is 19.1. The third kappa shape index (κ3) is 5.54. The number of halogens is 1. The number of nitrogens with one attached hydrogen (secondary N) is 3. The molecule has 3 heterocycles. The second kappa shape index (κ2) is 12.0. The van der Waals surface area contributed by atoms with E-state index in [2.05, 4.69) is 25.9 Å². The van der Waals surface area contributed by atoms with Crippen molar-refractivity contribution >= 4 is 28.5 Å². The molecular weight excluding hydrogens is 549 g/mol. The normalized spacial score (nSPS) is 11.9. The highest BCUT2D eigenvalue weighted by Crippen LogP contribution is 2.29. The smallest absolute Gasteiger partial charge is 0.294 e. The topological polar surface area (TPSA) is 123 Å². The molecule has 0 fully saturated rings. The van der Waals surface area contributed by atoms with E-state index in [1.807, 2.05) is 31.2 Å². The van der Waals surface area contributed by atoms with Crippen LogP contribution < -0.4 is 21.5 Å². The quantitative estimate of drug-likeness (QED) is 0.255. The standard InChI is InChI=1S/C32H32FN7O3/c1-18-10-11-22(31(42)35-5)13-25(18)27-16-37-29(38-30(41)20(3)34-4)32(43)39(27)17-21-12-23(15-36-14-21)40-26-9-7-6-8-24(26)19(2)28(40)33/h6-16,20,34H,17H2,1-5H3,(H,35,42)(H,37,38,41)/t20-/m0/s1. The van der Waals surface area contributed by atoms with Gasteiger partial charge in [0.15, 0.2) is 5.82 Å². The van der Waals surface area contributed by atoms with E-state index >= 15 is 4.39 Å². The number of benzene rings is 2. The molecule has 0 aliphatic heterocycles. The summed E-state index contributed by atoms with van der Waals surface area (Å²) in [6.45, 7) is 5.30. The van der Waals surface area contributed by atoms with Crippen molar-refractivity contribution in [3.63, 3.8) is 0 Å². The van der Waals surface area contributed by atoms with E-state index in [4.69, 9.17) is 0 Å². The van der Waals surface area contributed by atoms with Crippen molar-refractivity contribution in [2.24, 2.45) is 0 Å². The average Bonchev–Trinajstić information content (AvgIpc) is 3.28. The Morgan fingerprint density at radius 1 is 1.02 bits per heavy atom. The van der Waals surface area contributed by atoms with Gasteiger partial charge in [-0.25, -0.2) is 4.98 Å². The van der Waals surface area contributed by atoms with Gasteiger partial charge in [-0.1, -0.05) is 24.3 Å². The third-order valence-electron chi connectivity index (χ3n) is 7.56. The van der Waals surface area contributed by atoms with Gasteiger partial charge in [0.25, 0.3) is 11.5 Å². The third-order valence-corrected chi connectivity index (χ3v) is 7.56. The van der Waals surface area contributed by atoms with Gasteiger partial charge in [0.2, 0.25) is 11.9 Å². The van der Waals surface area contributed by atoms with Gasteiger partial charge in [-0.05, 0) is 63.2 Å². The molecule has 1 atom stereocenters. The predicted octanol–water partition coefficient (Wildman–Crippen LogP) is 3.96. The van der Waals surface area contributed by atoms with E-state index in [0.717, 1.165) is 10.9 Å². The van der Waals surface area contributed by atoms with Gasteiger partial charge in [0.05, 0.1) is 41.9 Å². The van der Waals surface area contributed by atoms with Crippen LogP contribution in [0.25, 0.3) is 27.8 Å². The summed E-state index contributed by atoms with van der Waals surface area (Å²) in [7, 11) is 3.18. The second-order valence-electron chi connectivity index (χ2n) is 10.3. The number of aromatic nitrogens is 4. The van der Waals surface area contributed by atoms with Gasteiger partial charge in [0, 0.05) is 35.3 Å². The molecular formula is C32H32FN7O3. The summed E-state index contributed by atoms with van der Waals surface area (Å²) in [6.07, 6.45) is 4.67. The maximum Gasteiger partial charge on any atom is 0.294 e. The van der Waals surface area contributed by atoms with E-state index in [1.165, 1.54) is 15.3 Å².